The van der Waals surface area contributed by atoms with Crippen molar-refractivity contribution in [3.05, 3.63) is 92.6 Å². The summed E-state index contributed by atoms with van der Waals surface area (Å²) in [6.45, 7) is 7.77. The van der Waals surface area contributed by atoms with Gasteiger partial charge in [-0.05, 0) is 51.8 Å². The maximum atomic E-state index is 13.4. The minimum atomic E-state index is -0.705. The fourth-order valence-electron chi connectivity index (χ4n) is 6.90. The number of aromatic nitrogens is 4. The van der Waals surface area contributed by atoms with Crippen molar-refractivity contribution in [2.75, 3.05) is 26.8 Å². The van der Waals surface area contributed by atoms with Gasteiger partial charge in [-0.2, -0.15) is 5.10 Å². The molecule has 0 spiro atoms. The number of halogens is 2. The van der Waals surface area contributed by atoms with Crippen molar-refractivity contribution < 1.29 is 23.8 Å². The second kappa shape index (κ2) is 16.3. The van der Waals surface area contributed by atoms with E-state index in [1.165, 1.54) is 7.11 Å². The van der Waals surface area contributed by atoms with Crippen molar-refractivity contribution in [1.29, 1.82) is 0 Å². The van der Waals surface area contributed by atoms with E-state index in [1.807, 2.05) is 75.5 Å². The predicted octanol–water partition coefficient (Wildman–Crippen LogP) is 6.64. The third-order valence-electron chi connectivity index (χ3n) is 9.93. The molecule has 15 heteroatoms. The van der Waals surface area contributed by atoms with Crippen LogP contribution in [0, 0.1) is 0 Å². The lowest BCUT2D eigenvalue weighted by atomic mass is 9.97. The van der Waals surface area contributed by atoms with Crippen LogP contribution in [0.4, 0.5) is 4.79 Å². The van der Waals surface area contributed by atoms with Crippen molar-refractivity contribution in [2.45, 2.75) is 70.9 Å². The highest BCUT2D eigenvalue weighted by atomic mass is 35.5. The summed E-state index contributed by atoms with van der Waals surface area (Å²) >= 11 is 14.3. The van der Waals surface area contributed by atoms with Crippen molar-refractivity contribution in [1.82, 2.24) is 34.7 Å². The van der Waals surface area contributed by atoms with Crippen molar-refractivity contribution in [3.8, 4) is 39.4 Å². The van der Waals surface area contributed by atoms with Gasteiger partial charge in [-0.25, -0.2) is 14.3 Å². The van der Waals surface area contributed by atoms with Gasteiger partial charge >= 0.3 is 6.09 Å². The van der Waals surface area contributed by atoms with Crippen LogP contribution in [0.1, 0.15) is 51.4 Å². The summed E-state index contributed by atoms with van der Waals surface area (Å²) in [7, 11) is 3.24. The molecule has 13 nitrogen and oxygen atoms in total. The molecule has 3 aromatic heterocycles. The monoisotopic (exact) mass is 801 g/mol. The summed E-state index contributed by atoms with van der Waals surface area (Å²) in [5.41, 5.74) is 4.27. The molecule has 0 radical (unpaired) electrons. The van der Waals surface area contributed by atoms with Gasteiger partial charge in [-0.1, -0.05) is 59.6 Å². The zero-order valence-electron chi connectivity index (χ0n) is 32.0. The second-order valence-electron chi connectivity index (χ2n) is 15.1. The van der Waals surface area contributed by atoms with Crippen LogP contribution in [0.5, 0.6) is 5.88 Å². The summed E-state index contributed by atoms with van der Waals surface area (Å²) in [5, 5.41) is 11.9. The lowest BCUT2D eigenvalue weighted by Gasteiger charge is -2.29. The molecule has 0 aliphatic carbocycles. The Balaban J connectivity index is 1.16. The van der Waals surface area contributed by atoms with Gasteiger partial charge < -0.3 is 29.7 Å². The van der Waals surface area contributed by atoms with Crippen LogP contribution in [0.2, 0.25) is 10.0 Å². The van der Waals surface area contributed by atoms with Crippen LogP contribution in [0.15, 0.2) is 65.6 Å². The number of pyridine rings is 1. The van der Waals surface area contributed by atoms with E-state index < -0.39 is 11.7 Å². The first kappa shape index (κ1) is 39.3. The quantitative estimate of drug-likeness (QED) is 0.142. The molecule has 2 aliphatic rings. The Morgan fingerprint density at radius 3 is 2.38 bits per heavy atom. The second-order valence-corrected chi connectivity index (χ2v) is 15.9. The third kappa shape index (κ3) is 8.41. The highest BCUT2D eigenvalue weighted by Crippen LogP contribution is 2.42. The zero-order chi connectivity index (χ0) is 39.7. The SMILES string of the molecule is COc1nc(-c2cccc(-c3cccc(-c4cc5c(=O)n(C)c(CNC[C@@H]6CCO6)nn5c4)c3Cl)c2Cl)ccc1CN(CC1CCC(=O)N1)C(=O)OC(C)(C)C. The topological polar surface area (TPSA) is 141 Å². The summed E-state index contributed by atoms with van der Waals surface area (Å²) in [6.07, 6.45) is 3.58. The standard InChI is InChI=1S/C41H45Cl2N7O6/c1-41(2,3)56-40(53)49(23-26-13-15-35(51)45-26)21-24-12-14-32(46-38(24)54-5)31-11-7-10-30(37(31)43)29-9-6-8-28(36(29)42)25-18-33-39(52)48(4)34(47-50(33)22-25)20-44-19-27-16-17-55-27/h6-12,14,18,22,26-27,44H,13,15-17,19-21,23H2,1-5H3,(H,45,51)/t26?,27-/m0/s1. The van der Waals surface area contributed by atoms with E-state index in [-0.39, 0.29) is 36.7 Å². The molecule has 2 saturated heterocycles. The molecule has 56 heavy (non-hydrogen) atoms. The van der Waals surface area contributed by atoms with Crippen molar-refractivity contribution in [2.24, 2.45) is 7.05 Å². The molecule has 2 aromatic carbocycles. The van der Waals surface area contributed by atoms with Gasteiger partial charge in [-0.3, -0.25) is 14.2 Å². The number of amides is 2. The number of hydrogen-bond donors (Lipinski definition) is 2. The van der Waals surface area contributed by atoms with Gasteiger partial charge in [0.15, 0.2) is 0 Å². The van der Waals surface area contributed by atoms with Gasteiger partial charge in [0.2, 0.25) is 11.8 Å². The zero-order valence-corrected chi connectivity index (χ0v) is 33.5. The number of nitrogens with zero attached hydrogens (tertiary/aromatic N) is 5. The minimum Gasteiger partial charge on any atom is -0.481 e. The molecule has 0 saturated carbocycles. The lowest BCUT2D eigenvalue weighted by molar-refractivity contribution is -0.119. The summed E-state index contributed by atoms with van der Waals surface area (Å²) in [6, 6.07) is 16.6. The predicted molar refractivity (Wildman–Crippen MR) is 215 cm³/mol. The van der Waals surface area contributed by atoms with Gasteiger partial charge in [0.05, 0.1) is 42.0 Å². The third-order valence-corrected chi connectivity index (χ3v) is 10.7. The van der Waals surface area contributed by atoms with Crippen LogP contribution in [0.25, 0.3) is 39.0 Å². The first-order valence-corrected chi connectivity index (χ1v) is 19.3. The van der Waals surface area contributed by atoms with Gasteiger partial charge in [-0.15, -0.1) is 0 Å². The van der Waals surface area contributed by atoms with E-state index in [1.54, 1.807) is 27.1 Å². The van der Waals surface area contributed by atoms with Crippen LogP contribution in [-0.4, -0.2) is 80.6 Å². The number of ether oxygens (including phenoxy) is 3. The first-order valence-electron chi connectivity index (χ1n) is 18.6. The number of fused-ring (bicyclic) bond motifs is 1. The summed E-state index contributed by atoms with van der Waals surface area (Å²) < 4.78 is 20.1. The molecular formula is C41H45Cl2N7O6. The Hall–Kier alpha value is -4.95. The van der Waals surface area contributed by atoms with Crippen LogP contribution in [-0.2, 0) is 34.4 Å². The van der Waals surface area contributed by atoms with E-state index in [0.29, 0.717) is 81.1 Å². The van der Waals surface area contributed by atoms with Crippen LogP contribution in [0.3, 0.4) is 0 Å². The highest BCUT2D eigenvalue weighted by molar-refractivity contribution is 6.39. The Kier molecular flexibility index (Phi) is 11.4. The summed E-state index contributed by atoms with van der Waals surface area (Å²) in [4.78, 5) is 45.0. The smallest absolute Gasteiger partial charge is 0.410 e. The lowest BCUT2D eigenvalue weighted by Crippen LogP contribution is -2.43. The highest BCUT2D eigenvalue weighted by Gasteiger charge is 2.29. The average molecular weight is 803 g/mol. The normalized spacial score (nSPS) is 16.8. The fourth-order valence-corrected chi connectivity index (χ4v) is 7.56. The van der Waals surface area contributed by atoms with E-state index in [2.05, 4.69) is 10.6 Å². The van der Waals surface area contributed by atoms with E-state index in [9.17, 15) is 14.4 Å². The molecule has 1 unspecified atom stereocenters. The Labute approximate surface area is 334 Å². The van der Waals surface area contributed by atoms with E-state index >= 15 is 0 Å². The van der Waals surface area contributed by atoms with E-state index in [4.69, 9.17) is 47.5 Å². The molecule has 5 heterocycles. The fraction of sp³-hybridized carbons (Fsp3) is 0.390. The Bertz CT molecular complexity index is 2350. The molecule has 0 bridgehead atoms. The maximum Gasteiger partial charge on any atom is 0.410 e. The van der Waals surface area contributed by atoms with Crippen molar-refractivity contribution >= 4 is 40.7 Å². The van der Waals surface area contributed by atoms with Gasteiger partial charge in [0.1, 0.15) is 16.9 Å². The van der Waals surface area contributed by atoms with Crippen molar-refractivity contribution in [3.63, 3.8) is 0 Å². The number of methoxy groups -OCH3 is 1. The number of nitrogens with one attached hydrogen (secondary N) is 2. The minimum absolute atomic E-state index is 0.0363. The molecule has 2 aliphatic heterocycles. The maximum absolute atomic E-state index is 13.4. The molecule has 2 atom stereocenters. The number of hydrogen-bond acceptors (Lipinski definition) is 9. The molecule has 2 amide bonds. The number of carbonyl (C=O) groups is 2. The number of carbonyl (C=O) groups excluding carboxylic acids is 2. The van der Waals surface area contributed by atoms with Crippen LogP contribution < -0.4 is 20.9 Å². The molecular weight excluding hydrogens is 757 g/mol. The summed E-state index contributed by atoms with van der Waals surface area (Å²) in [5.74, 6) is 0.885. The van der Waals surface area contributed by atoms with Gasteiger partial charge in [0.25, 0.3) is 5.56 Å². The Morgan fingerprint density at radius 2 is 1.73 bits per heavy atom. The Morgan fingerprint density at radius 1 is 1.04 bits per heavy atom. The first-order chi connectivity index (χ1) is 26.8. The van der Waals surface area contributed by atoms with E-state index in [0.717, 1.165) is 24.2 Å². The van der Waals surface area contributed by atoms with Gasteiger partial charge in [0, 0.05) is 78.8 Å². The number of benzene rings is 2. The van der Waals surface area contributed by atoms with Crippen LogP contribution >= 0.6 is 23.2 Å². The number of rotatable bonds is 12. The molecule has 7 rings (SSSR count). The largest absolute Gasteiger partial charge is 0.481 e. The molecule has 2 N–H and O–H groups in total. The molecule has 2 fully saturated rings. The molecule has 294 valence electrons. The molecule has 5 aromatic rings. The average Bonchev–Trinajstić information content (AvgIpc) is 3.76.